The highest BCUT2D eigenvalue weighted by molar-refractivity contribution is 7.17. The highest BCUT2D eigenvalue weighted by Crippen LogP contribution is 2.44. The van der Waals surface area contributed by atoms with E-state index in [1.54, 1.807) is 31.2 Å². The topological polar surface area (TPSA) is 119 Å². The van der Waals surface area contributed by atoms with E-state index in [-0.39, 0.29) is 38.3 Å². The molecule has 1 unspecified atom stereocenters. The van der Waals surface area contributed by atoms with Gasteiger partial charge in [-0.25, -0.2) is 9.78 Å². The predicted octanol–water partition coefficient (Wildman–Crippen LogP) is 4.43. The fourth-order valence-electron chi connectivity index (χ4n) is 4.37. The molecule has 1 aliphatic heterocycles. The quantitative estimate of drug-likeness (QED) is 0.404. The first kappa shape index (κ1) is 23.6. The smallest absolute Gasteiger partial charge is 0.350 e. The summed E-state index contributed by atoms with van der Waals surface area (Å²) in [5.41, 5.74) is 2.84. The monoisotopic (exact) mass is 506 g/mol. The molecule has 0 aliphatic carbocycles. The number of phenolic OH excluding ortho intramolecular Hbond substituents is 1. The Morgan fingerprint density at radius 2 is 1.83 bits per heavy atom. The zero-order chi connectivity index (χ0) is 25.9. The number of aromatic nitrogens is 1. The lowest BCUT2D eigenvalue weighted by Gasteiger charge is -2.23. The molecule has 2 aromatic heterocycles. The minimum Gasteiger partial charge on any atom is -0.504 e. The summed E-state index contributed by atoms with van der Waals surface area (Å²) >= 11 is 0.985. The minimum absolute atomic E-state index is 0.0907. The largest absolute Gasteiger partial charge is 0.504 e. The summed E-state index contributed by atoms with van der Waals surface area (Å²) < 4.78 is 16.2. The summed E-state index contributed by atoms with van der Waals surface area (Å²) in [6, 6.07) is 7.15. The molecule has 0 radical (unpaired) electrons. The number of thiazole rings is 1. The normalized spacial score (nSPS) is 14.9. The van der Waals surface area contributed by atoms with Crippen molar-refractivity contribution in [3.8, 4) is 11.5 Å². The predicted molar refractivity (Wildman–Crippen MR) is 133 cm³/mol. The third-order valence-electron chi connectivity index (χ3n) is 6.37. The molecule has 36 heavy (non-hydrogen) atoms. The molecule has 0 fully saturated rings. The molecule has 4 aromatic rings. The number of fused-ring (bicyclic) bond motifs is 2. The molecular weight excluding hydrogens is 484 g/mol. The van der Waals surface area contributed by atoms with E-state index in [0.717, 1.165) is 22.5 Å². The Bertz CT molecular complexity index is 1640. The molecule has 10 heteroatoms. The van der Waals surface area contributed by atoms with Gasteiger partial charge in [-0.1, -0.05) is 17.4 Å². The maximum absolute atomic E-state index is 13.8. The number of ether oxygens (including phenoxy) is 2. The lowest BCUT2D eigenvalue weighted by atomic mass is 9.97. The van der Waals surface area contributed by atoms with E-state index >= 15 is 0 Å². The lowest BCUT2D eigenvalue weighted by molar-refractivity contribution is 0.0605. The summed E-state index contributed by atoms with van der Waals surface area (Å²) in [5.74, 6) is -1.15. The van der Waals surface area contributed by atoms with Crippen molar-refractivity contribution >= 4 is 39.3 Å². The van der Waals surface area contributed by atoms with Crippen molar-refractivity contribution in [2.45, 2.75) is 26.8 Å². The molecule has 1 N–H and O–H groups in total. The average Bonchev–Trinajstić information content (AvgIpc) is 3.37. The van der Waals surface area contributed by atoms with Gasteiger partial charge in [0.05, 0.1) is 36.9 Å². The van der Waals surface area contributed by atoms with Gasteiger partial charge in [0.15, 0.2) is 22.1 Å². The number of methoxy groups -OCH3 is 2. The van der Waals surface area contributed by atoms with Gasteiger partial charge >= 0.3 is 5.97 Å². The molecular formula is C26H22N2O7S. The van der Waals surface area contributed by atoms with E-state index < -0.39 is 17.9 Å². The standard InChI is InChI=1S/C26H22N2O7S/c1-11-8-15-17(9-12(11)2)35-22-19(21(15)30)20(14-6-7-16(29)18(10-14)33-4)28(24(22)31)26-27-13(3)23(36-26)25(32)34-5/h6-10,20,29H,1-5H3. The van der Waals surface area contributed by atoms with Gasteiger partial charge in [0.1, 0.15) is 10.5 Å². The highest BCUT2D eigenvalue weighted by atomic mass is 32.1. The Hall–Kier alpha value is -4.18. The van der Waals surface area contributed by atoms with Gasteiger partial charge < -0.3 is 19.0 Å². The third-order valence-corrected chi connectivity index (χ3v) is 7.50. The molecule has 3 heterocycles. The van der Waals surface area contributed by atoms with Gasteiger partial charge in [-0.2, -0.15) is 0 Å². The first-order chi connectivity index (χ1) is 17.2. The fraction of sp³-hybridized carbons (Fsp3) is 0.231. The van der Waals surface area contributed by atoms with E-state index in [2.05, 4.69) is 4.98 Å². The van der Waals surface area contributed by atoms with Crippen LogP contribution in [0.3, 0.4) is 0 Å². The van der Waals surface area contributed by atoms with Crippen LogP contribution in [0, 0.1) is 20.8 Å². The summed E-state index contributed by atoms with van der Waals surface area (Å²) in [6.45, 7) is 5.43. The van der Waals surface area contributed by atoms with Crippen LogP contribution in [0.5, 0.6) is 11.5 Å². The number of hydrogen-bond donors (Lipinski definition) is 1. The summed E-state index contributed by atoms with van der Waals surface area (Å²) in [7, 11) is 2.67. The molecule has 184 valence electrons. The van der Waals surface area contributed by atoms with Crippen LogP contribution in [-0.2, 0) is 4.74 Å². The number of amides is 1. The van der Waals surface area contributed by atoms with Crippen molar-refractivity contribution in [1.82, 2.24) is 4.98 Å². The van der Waals surface area contributed by atoms with Gasteiger partial charge in [-0.15, -0.1) is 0 Å². The molecule has 0 saturated heterocycles. The van der Waals surface area contributed by atoms with E-state index in [9.17, 15) is 19.5 Å². The number of carbonyl (C=O) groups is 2. The Balaban J connectivity index is 1.81. The van der Waals surface area contributed by atoms with Crippen LogP contribution < -0.4 is 15.1 Å². The number of phenols is 1. The van der Waals surface area contributed by atoms with Crippen LogP contribution in [-0.4, -0.2) is 36.2 Å². The molecule has 1 aliphatic rings. The molecule has 1 amide bonds. The van der Waals surface area contributed by atoms with E-state index in [4.69, 9.17) is 13.9 Å². The zero-order valence-corrected chi connectivity index (χ0v) is 21.0. The Morgan fingerprint density at radius 3 is 2.53 bits per heavy atom. The first-order valence-corrected chi connectivity index (χ1v) is 11.8. The van der Waals surface area contributed by atoms with Crippen LogP contribution in [0.25, 0.3) is 11.0 Å². The second-order valence-corrected chi connectivity index (χ2v) is 9.50. The SMILES string of the molecule is COC(=O)c1sc(N2C(=O)c3oc4cc(C)c(C)cc4c(=O)c3C2c2ccc(O)c(OC)c2)nc1C. The summed E-state index contributed by atoms with van der Waals surface area (Å²) in [4.78, 5) is 45.9. The van der Waals surface area contributed by atoms with Gasteiger partial charge in [-0.3, -0.25) is 14.5 Å². The van der Waals surface area contributed by atoms with E-state index in [1.807, 2.05) is 13.8 Å². The zero-order valence-electron chi connectivity index (χ0n) is 20.2. The van der Waals surface area contributed by atoms with E-state index in [1.165, 1.54) is 25.2 Å². The van der Waals surface area contributed by atoms with Crippen molar-refractivity contribution in [2.75, 3.05) is 19.1 Å². The number of carbonyl (C=O) groups excluding carboxylic acids is 2. The molecule has 0 bridgehead atoms. The fourth-order valence-corrected chi connectivity index (χ4v) is 5.38. The summed E-state index contributed by atoms with van der Waals surface area (Å²) in [5, 5.41) is 10.7. The van der Waals surface area contributed by atoms with Crippen molar-refractivity contribution < 1.29 is 28.6 Å². The van der Waals surface area contributed by atoms with Crippen LogP contribution in [0.2, 0.25) is 0 Å². The number of rotatable bonds is 4. The number of nitrogens with zero attached hydrogens (tertiary/aromatic N) is 2. The van der Waals surface area contributed by atoms with Gasteiger partial charge in [-0.05, 0) is 61.7 Å². The maximum Gasteiger partial charge on any atom is 0.350 e. The van der Waals surface area contributed by atoms with Crippen molar-refractivity contribution in [1.29, 1.82) is 0 Å². The Morgan fingerprint density at radius 1 is 1.11 bits per heavy atom. The Kier molecular flexibility index (Phi) is 5.55. The molecule has 0 spiro atoms. The molecule has 2 aromatic carbocycles. The average molecular weight is 507 g/mol. The first-order valence-electron chi connectivity index (χ1n) is 11.0. The molecule has 5 rings (SSSR count). The number of hydrogen-bond acceptors (Lipinski definition) is 9. The van der Waals surface area contributed by atoms with Crippen molar-refractivity contribution in [2.24, 2.45) is 0 Å². The summed E-state index contributed by atoms with van der Waals surface area (Å²) in [6.07, 6.45) is 0. The van der Waals surface area contributed by atoms with Crippen LogP contribution in [0.15, 0.2) is 39.5 Å². The van der Waals surface area contributed by atoms with Crippen molar-refractivity contribution in [3.05, 3.63) is 79.1 Å². The number of aryl methyl sites for hydroxylation is 3. The van der Waals surface area contributed by atoms with Gasteiger partial charge in [0.2, 0.25) is 5.76 Å². The van der Waals surface area contributed by atoms with Gasteiger partial charge in [0, 0.05) is 0 Å². The van der Waals surface area contributed by atoms with Crippen LogP contribution >= 0.6 is 11.3 Å². The number of benzene rings is 2. The second kappa shape index (κ2) is 8.49. The maximum atomic E-state index is 13.8. The Labute approximate surface area is 209 Å². The number of esters is 1. The molecule has 9 nitrogen and oxygen atoms in total. The molecule has 1 atom stereocenters. The highest BCUT2D eigenvalue weighted by Gasteiger charge is 2.45. The minimum atomic E-state index is -0.930. The van der Waals surface area contributed by atoms with Crippen molar-refractivity contribution in [3.63, 3.8) is 0 Å². The van der Waals surface area contributed by atoms with Gasteiger partial charge in [0.25, 0.3) is 5.91 Å². The molecule has 0 saturated carbocycles. The van der Waals surface area contributed by atoms with E-state index in [0.29, 0.717) is 22.2 Å². The third kappa shape index (κ3) is 3.44. The van der Waals surface area contributed by atoms with Crippen LogP contribution in [0.4, 0.5) is 5.13 Å². The second-order valence-electron chi connectivity index (χ2n) is 8.52. The lowest BCUT2D eigenvalue weighted by Crippen LogP contribution is -2.29. The van der Waals surface area contributed by atoms with Crippen LogP contribution in [0.1, 0.15) is 54.2 Å². The number of anilines is 1. The number of aromatic hydroxyl groups is 1.